The van der Waals surface area contributed by atoms with Crippen LogP contribution in [0.5, 0.6) is 5.75 Å². The molecule has 0 bridgehead atoms. The SMILES string of the molecule is CCn1c(SCC(=O)Nc2scc(-c3ccc(Cl)cc3)c2C(=O)OC)nnc1-c1cccc(OC)c1. The summed E-state index contributed by atoms with van der Waals surface area (Å²) < 4.78 is 12.2. The lowest BCUT2D eigenvalue weighted by Gasteiger charge is -2.09. The molecule has 0 radical (unpaired) electrons. The lowest BCUT2D eigenvalue weighted by atomic mass is 10.0. The van der Waals surface area contributed by atoms with Crippen molar-refractivity contribution < 1.29 is 19.1 Å². The van der Waals surface area contributed by atoms with Crippen molar-refractivity contribution in [3.05, 3.63) is 64.5 Å². The van der Waals surface area contributed by atoms with E-state index in [1.165, 1.54) is 30.2 Å². The van der Waals surface area contributed by atoms with Crippen LogP contribution in [0.15, 0.2) is 59.1 Å². The van der Waals surface area contributed by atoms with Gasteiger partial charge in [0, 0.05) is 28.1 Å². The Kier molecular flexibility index (Phi) is 8.29. The summed E-state index contributed by atoms with van der Waals surface area (Å²) in [5.74, 6) is 0.701. The van der Waals surface area contributed by atoms with Gasteiger partial charge in [0.1, 0.15) is 16.3 Å². The Morgan fingerprint density at radius 3 is 2.58 bits per heavy atom. The number of carbonyl (C=O) groups excluding carboxylic acids is 2. The first kappa shape index (κ1) is 25.7. The zero-order valence-corrected chi connectivity index (χ0v) is 22.2. The van der Waals surface area contributed by atoms with Crippen LogP contribution in [-0.2, 0) is 16.1 Å². The van der Waals surface area contributed by atoms with E-state index in [9.17, 15) is 9.59 Å². The second kappa shape index (κ2) is 11.6. The van der Waals surface area contributed by atoms with Gasteiger partial charge in [0.25, 0.3) is 0 Å². The number of hydrogen-bond donors (Lipinski definition) is 1. The van der Waals surface area contributed by atoms with Gasteiger partial charge in [-0.1, -0.05) is 47.6 Å². The summed E-state index contributed by atoms with van der Waals surface area (Å²) in [7, 11) is 2.92. The predicted octanol–water partition coefficient (Wildman–Crippen LogP) is 5.87. The number of hydrogen-bond acceptors (Lipinski definition) is 8. The number of carbonyl (C=O) groups is 2. The molecule has 0 aliphatic rings. The van der Waals surface area contributed by atoms with Gasteiger partial charge in [-0.25, -0.2) is 4.79 Å². The quantitative estimate of drug-likeness (QED) is 0.208. The van der Waals surface area contributed by atoms with Crippen LogP contribution in [0.4, 0.5) is 5.00 Å². The maximum atomic E-state index is 12.8. The number of halogens is 1. The van der Waals surface area contributed by atoms with Crippen LogP contribution in [0.1, 0.15) is 17.3 Å². The van der Waals surface area contributed by atoms with Crippen LogP contribution in [-0.4, -0.2) is 46.6 Å². The van der Waals surface area contributed by atoms with Crippen LogP contribution < -0.4 is 10.1 Å². The monoisotopic (exact) mass is 542 g/mol. The molecule has 186 valence electrons. The van der Waals surface area contributed by atoms with Crippen LogP contribution in [0, 0.1) is 0 Å². The first-order valence-electron chi connectivity index (χ1n) is 10.9. The molecule has 2 aromatic heterocycles. The van der Waals surface area contributed by atoms with Crippen LogP contribution in [0.25, 0.3) is 22.5 Å². The summed E-state index contributed by atoms with van der Waals surface area (Å²) in [5.41, 5.74) is 2.64. The number of benzene rings is 2. The summed E-state index contributed by atoms with van der Waals surface area (Å²) in [6.07, 6.45) is 0. The number of nitrogens with zero attached hydrogens (tertiary/aromatic N) is 3. The number of amides is 1. The number of thioether (sulfide) groups is 1. The van der Waals surface area contributed by atoms with Gasteiger partial charge in [0.2, 0.25) is 5.91 Å². The summed E-state index contributed by atoms with van der Waals surface area (Å²) in [6.45, 7) is 2.62. The van der Waals surface area contributed by atoms with E-state index in [4.69, 9.17) is 21.1 Å². The van der Waals surface area contributed by atoms with Crippen molar-refractivity contribution in [3.63, 3.8) is 0 Å². The topological polar surface area (TPSA) is 95.3 Å². The summed E-state index contributed by atoms with van der Waals surface area (Å²) in [5, 5.41) is 14.9. The van der Waals surface area contributed by atoms with Gasteiger partial charge in [-0.2, -0.15) is 0 Å². The van der Waals surface area contributed by atoms with E-state index in [1.54, 1.807) is 19.2 Å². The van der Waals surface area contributed by atoms with Crippen molar-refractivity contribution in [3.8, 4) is 28.3 Å². The fraction of sp³-hybridized carbons (Fsp3) is 0.200. The maximum absolute atomic E-state index is 12.8. The van der Waals surface area contributed by atoms with Gasteiger partial charge in [-0.05, 0) is 36.8 Å². The molecule has 0 aliphatic carbocycles. The zero-order valence-electron chi connectivity index (χ0n) is 19.8. The number of methoxy groups -OCH3 is 2. The highest BCUT2D eigenvalue weighted by Gasteiger charge is 2.23. The highest BCUT2D eigenvalue weighted by molar-refractivity contribution is 7.99. The maximum Gasteiger partial charge on any atom is 0.341 e. The molecular weight excluding hydrogens is 520 g/mol. The molecule has 36 heavy (non-hydrogen) atoms. The van der Waals surface area contributed by atoms with E-state index >= 15 is 0 Å². The van der Waals surface area contributed by atoms with Crippen molar-refractivity contribution >= 4 is 51.6 Å². The van der Waals surface area contributed by atoms with Crippen molar-refractivity contribution in [2.45, 2.75) is 18.6 Å². The molecule has 2 aromatic carbocycles. The van der Waals surface area contributed by atoms with Crippen molar-refractivity contribution in [2.24, 2.45) is 0 Å². The first-order valence-corrected chi connectivity index (χ1v) is 13.2. The van der Waals surface area contributed by atoms with E-state index in [1.807, 2.05) is 53.3 Å². The molecule has 0 atom stereocenters. The van der Waals surface area contributed by atoms with Crippen LogP contribution >= 0.6 is 34.7 Å². The molecule has 0 aliphatic heterocycles. The van der Waals surface area contributed by atoms with Gasteiger partial charge in [-0.15, -0.1) is 21.5 Å². The third-order valence-corrected chi connectivity index (χ3v) is 7.40. The van der Waals surface area contributed by atoms with Crippen molar-refractivity contribution in [1.82, 2.24) is 14.8 Å². The van der Waals surface area contributed by atoms with Crippen molar-refractivity contribution in [1.29, 1.82) is 0 Å². The largest absolute Gasteiger partial charge is 0.497 e. The van der Waals surface area contributed by atoms with Crippen molar-refractivity contribution in [2.75, 3.05) is 25.3 Å². The minimum absolute atomic E-state index is 0.0883. The average molecular weight is 543 g/mol. The number of nitrogens with one attached hydrogen (secondary N) is 1. The van der Waals surface area contributed by atoms with Crippen LogP contribution in [0.2, 0.25) is 5.02 Å². The summed E-state index contributed by atoms with van der Waals surface area (Å²) >= 11 is 8.52. The molecule has 0 unspecified atom stereocenters. The standard InChI is InChI=1S/C25H23ClN4O4S2/c1-4-30-22(16-6-5-7-18(12-16)33-2)28-29-25(30)36-14-20(31)27-23-21(24(32)34-3)19(13-35-23)15-8-10-17(26)11-9-15/h5-13H,4,14H2,1-3H3,(H,27,31). The summed E-state index contributed by atoms with van der Waals surface area (Å²) in [4.78, 5) is 25.4. The Labute approximate surface area is 221 Å². The van der Waals surface area contributed by atoms with Gasteiger partial charge in [0.15, 0.2) is 11.0 Å². The van der Waals surface area contributed by atoms with E-state index in [2.05, 4.69) is 15.5 Å². The fourth-order valence-electron chi connectivity index (χ4n) is 3.55. The third kappa shape index (κ3) is 5.56. The minimum atomic E-state index is -0.530. The Morgan fingerprint density at radius 2 is 1.89 bits per heavy atom. The number of ether oxygens (including phenoxy) is 2. The predicted molar refractivity (Wildman–Crippen MR) is 143 cm³/mol. The van der Waals surface area contributed by atoms with E-state index in [0.29, 0.717) is 38.7 Å². The molecule has 0 saturated heterocycles. The first-order chi connectivity index (χ1) is 17.4. The smallest absolute Gasteiger partial charge is 0.341 e. The van der Waals surface area contributed by atoms with Gasteiger partial charge < -0.3 is 19.4 Å². The van der Waals surface area contributed by atoms with E-state index in [-0.39, 0.29) is 11.7 Å². The van der Waals surface area contributed by atoms with Gasteiger partial charge in [-0.3, -0.25) is 4.79 Å². The lowest BCUT2D eigenvalue weighted by molar-refractivity contribution is -0.113. The van der Waals surface area contributed by atoms with Crippen LogP contribution in [0.3, 0.4) is 0 Å². The third-order valence-electron chi connectivity index (χ3n) is 5.28. The molecule has 11 heteroatoms. The molecule has 1 N–H and O–H groups in total. The Bertz CT molecular complexity index is 1390. The molecule has 8 nitrogen and oxygen atoms in total. The lowest BCUT2D eigenvalue weighted by Crippen LogP contribution is -2.16. The molecule has 4 aromatic rings. The molecular formula is C25H23ClN4O4S2. The molecule has 4 rings (SSSR count). The molecule has 0 fully saturated rings. The Morgan fingerprint density at radius 1 is 1.11 bits per heavy atom. The van der Waals surface area contributed by atoms with Gasteiger partial charge >= 0.3 is 5.97 Å². The normalized spacial score (nSPS) is 10.8. The number of esters is 1. The molecule has 0 spiro atoms. The zero-order chi connectivity index (χ0) is 25.7. The highest BCUT2D eigenvalue weighted by Crippen LogP contribution is 2.37. The summed E-state index contributed by atoms with van der Waals surface area (Å²) in [6, 6.07) is 14.7. The number of rotatable bonds is 9. The highest BCUT2D eigenvalue weighted by atomic mass is 35.5. The number of aromatic nitrogens is 3. The molecule has 0 saturated carbocycles. The Hall–Kier alpha value is -3.34. The molecule has 2 heterocycles. The second-order valence-corrected chi connectivity index (χ2v) is 9.73. The van der Waals surface area contributed by atoms with E-state index < -0.39 is 5.97 Å². The average Bonchev–Trinajstić information content (AvgIpc) is 3.51. The minimum Gasteiger partial charge on any atom is -0.497 e. The number of anilines is 1. The van der Waals surface area contributed by atoms with Gasteiger partial charge in [0.05, 0.1) is 20.0 Å². The second-order valence-electron chi connectivity index (χ2n) is 7.47. The fourth-order valence-corrected chi connectivity index (χ4v) is 5.45. The Balaban J connectivity index is 1.50. The van der Waals surface area contributed by atoms with E-state index in [0.717, 1.165) is 16.9 Å². The number of thiophene rings is 1. The molecule has 1 amide bonds.